The summed E-state index contributed by atoms with van der Waals surface area (Å²) in [4.78, 5) is 21.5. The van der Waals surface area contributed by atoms with E-state index in [0.717, 1.165) is 11.1 Å². The first-order valence-electron chi connectivity index (χ1n) is 11.3. The molecule has 4 aromatic rings. The molecular formula is C28H24N2O7. The quantitative estimate of drug-likeness (QED) is 0.182. The fraction of sp³-hybridized carbons (Fsp3) is 0.143. The van der Waals surface area contributed by atoms with Crippen molar-refractivity contribution in [2.45, 2.75) is 12.2 Å². The van der Waals surface area contributed by atoms with E-state index in [1.807, 2.05) is 48.5 Å². The van der Waals surface area contributed by atoms with E-state index in [0.29, 0.717) is 22.6 Å². The lowest BCUT2D eigenvalue weighted by Gasteiger charge is -2.27. The summed E-state index contributed by atoms with van der Waals surface area (Å²) in [5, 5.41) is 22.4. The number of benzene rings is 4. The Hall–Kier alpha value is -4.76. The second kappa shape index (κ2) is 11.3. The number of hydrogen-bond acceptors (Lipinski definition) is 7. The first-order valence-corrected chi connectivity index (χ1v) is 11.3. The molecule has 37 heavy (non-hydrogen) atoms. The summed E-state index contributed by atoms with van der Waals surface area (Å²) in [7, 11) is 3.15. The van der Waals surface area contributed by atoms with Gasteiger partial charge in [-0.1, -0.05) is 24.3 Å². The van der Waals surface area contributed by atoms with E-state index in [-0.39, 0.29) is 11.4 Å². The maximum absolute atomic E-state index is 11.2. The largest absolute Gasteiger partial charge is 0.497 e. The van der Waals surface area contributed by atoms with Crippen LogP contribution in [-0.4, -0.2) is 24.1 Å². The molecule has 0 saturated carbocycles. The minimum absolute atomic E-state index is 0.0284. The van der Waals surface area contributed by atoms with E-state index in [1.165, 1.54) is 24.3 Å². The molecule has 0 radical (unpaired) electrons. The predicted molar refractivity (Wildman–Crippen MR) is 137 cm³/mol. The summed E-state index contributed by atoms with van der Waals surface area (Å²) in [6.45, 7) is 0. The van der Waals surface area contributed by atoms with Crippen molar-refractivity contribution >= 4 is 11.4 Å². The summed E-state index contributed by atoms with van der Waals surface area (Å²) in [5.41, 5.74) is 2.95. The monoisotopic (exact) mass is 500 g/mol. The first kappa shape index (κ1) is 25.3. The van der Waals surface area contributed by atoms with E-state index in [9.17, 15) is 20.2 Å². The molecule has 2 unspecified atom stereocenters. The van der Waals surface area contributed by atoms with Crippen molar-refractivity contribution in [3.8, 4) is 11.5 Å². The van der Waals surface area contributed by atoms with E-state index in [4.69, 9.17) is 14.2 Å². The van der Waals surface area contributed by atoms with Crippen LogP contribution in [0.5, 0.6) is 11.5 Å². The molecule has 0 saturated heterocycles. The molecule has 0 spiro atoms. The Morgan fingerprint density at radius 1 is 0.514 bits per heavy atom. The summed E-state index contributed by atoms with van der Waals surface area (Å²) in [5.74, 6) is 1.35. The van der Waals surface area contributed by atoms with E-state index in [1.54, 1.807) is 38.5 Å². The van der Waals surface area contributed by atoms with Crippen molar-refractivity contribution < 1.29 is 24.1 Å². The number of nitro benzene ring substituents is 2. The van der Waals surface area contributed by atoms with E-state index in [2.05, 4.69) is 0 Å². The lowest BCUT2D eigenvalue weighted by atomic mass is 9.97. The molecular weight excluding hydrogens is 476 g/mol. The third-order valence-corrected chi connectivity index (χ3v) is 5.92. The molecule has 0 bridgehead atoms. The number of nitrogens with zero attached hydrogens (tertiary/aromatic N) is 2. The third-order valence-electron chi connectivity index (χ3n) is 5.92. The molecule has 9 heteroatoms. The van der Waals surface area contributed by atoms with Crippen LogP contribution in [0.15, 0.2) is 97.1 Å². The van der Waals surface area contributed by atoms with Gasteiger partial charge in [0.25, 0.3) is 11.4 Å². The number of methoxy groups -OCH3 is 2. The SMILES string of the molecule is COc1ccc(C(OC(c2ccc(OC)cc2)c2ccc([N+](=O)[O-])cc2)c2ccc([N+](=O)[O-])cc2)cc1. The lowest BCUT2D eigenvalue weighted by molar-refractivity contribution is -0.385. The number of non-ortho nitro benzene ring substituents is 2. The van der Waals surface area contributed by atoms with Gasteiger partial charge in [-0.15, -0.1) is 0 Å². The normalized spacial score (nSPS) is 12.4. The fourth-order valence-corrected chi connectivity index (χ4v) is 3.93. The van der Waals surface area contributed by atoms with Gasteiger partial charge in [-0.25, -0.2) is 0 Å². The van der Waals surface area contributed by atoms with Crippen LogP contribution in [0, 0.1) is 20.2 Å². The molecule has 0 aliphatic rings. The van der Waals surface area contributed by atoms with Gasteiger partial charge in [-0.3, -0.25) is 20.2 Å². The van der Waals surface area contributed by atoms with Crippen LogP contribution in [0.1, 0.15) is 34.5 Å². The summed E-state index contributed by atoms with van der Waals surface area (Å²) in [6.07, 6.45) is -1.23. The molecule has 0 N–H and O–H groups in total. The average molecular weight is 501 g/mol. The van der Waals surface area contributed by atoms with Crippen molar-refractivity contribution in [1.82, 2.24) is 0 Å². The maximum Gasteiger partial charge on any atom is 0.269 e. The van der Waals surface area contributed by atoms with Gasteiger partial charge in [0.1, 0.15) is 23.7 Å². The van der Waals surface area contributed by atoms with Gasteiger partial charge in [0.05, 0.1) is 24.1 Å². The molecule has 0 aromatic heterocycles. The molecule has 2 atom stereocenters. The third kappa shape index (κ3) is 5.91. The zero-order chi connectivity index (χ0) is 26.4. The van der Waals surface area contributed by atoms with Crippen molar-refractivity contribution in [2.75, 3.05) is 14.2 Å². The minimum atomic E-state index is -0.617. The molecule has 188 valence electrons. The number of rotatable bonds is 10. The highest BCUT2D eigenvalue weighted by molar-refractivity contribution is 5.42. The van der Waals surface area contributed by atoms with Crippen LogP contribution >= 0.6 is 0 Å². The second-order valence-electron chi connectivity index (χ2n) is 8.14. The Balaban J connectivity index is 1.79. The van der Waals surface area contributed by atoms with Gasteiger partial charge in [-0.05, 0) is 70.8 Å². The molecule has 0 heterocycles. The first-order chi connectivity index (χ1) is 17.9. The van der Waals surface area contributed by atoms with Gasteiger partial charge in [-0.2, -0.15) is 0 Å². The highest BCUT2D eigenvalue weighted by Crippen LogP contribution is 2.38. The smallest absolute Gasteiger partial charge is 0.269 e. The predicted octanol–water partition coefficient (Wildman–Crippen LogP) is 6.42. The van der Waals surface area contributed by atoms with Gasteiger partial charge < -0.3 is 14.2 Å². The second-order valence-corrected chi connectivity index (χ2v) is 8.14. The Bertz CT molecular complexity index is 1250. The average Bonchev–Trinajstić information content (AvgIpc) is 2.94. The zero-order valence-electron chi connectivity index (χ0n) is 20.1. The standard InChI is InChI=1S/C28H24N2O7/c1-35-25-15-7-21(8-16-25)27(19-3-11-23(12-4-19)29(31)32)37-28(22-9-17-26(36-2)18-10-22)20-5-13-24(14-6-20)30(33)34/h3-18,27-28H,1-2H3. The fourth-order valence-electron chi connectivity index (χ4n) is 3.93. The van der Waals surface area contributed by atoms with Crippen LogP contribution in [0.4, 0.5) is 11.4 Å². The molecule has 4 rings (SSSR count). The number of nitro groups is 2. The maximum atomic E-state index is 11.2. The van der Waals surface area contributed by atoms with Crippen molar-refractivity contribution in [3.05, 3.63) is 140 Å². The number of ether oxygens (including phenoxy) is 3. The molecule has 9 nitrogen and oxygen atoms in total. The van der Waals surface area contributed by atoms with Crippen LogP contribution < -0.4 is 9.47 Å². The van der Waals surface area contributed by atoms with Crippen molar-refractivity contribution in [2.24, 2.45) is 0 Å². The highest BCUT2D eigenvalue weighted by Gasteiger charge is 2.25. The zero-order valence-corrected chi connectivity index (χ0v) is 20.1. The summed E-state index contributed by atoms with van der Waals surface area (Å²) < 4.78 is 17.3. The van der Waals surface area contributed by atoms with Crippen LogP contribution in [0.3, 0.4) is 0 Å². The summed E-state index contributed by atoms with van der Waals surface area (Å²) >= 11 is 0. The Labute approximate surface area is 213 Å². The van der Waals surface area contributed by atoms with Gasteiger partial charge in [0, 0.05) is 24.3 Å². The van der Waals surface area contributed by atoms with Crippen LogP contribution in [0.25, 0.3) is 0 Å². The van der Waals surface area contributed by atoms with Crippen molar-refractivity contribution in [3.63, 3.8) is 0 Å². The lowest BCUT2D eigenvalue weighted by Crippen LogP contribution is -2.13. The topological polar surface area (TPSA) is 114 Å². The number of hydrogen-bond donors (Lipinski definition) is 0. The molecule has 0 aliphatic carbocycles. The Morgan fingerprint density at radius 3 is 1.03 bits per heavy atom. The molecule has 0 fully saturated rings. The Kier molecular flexibility index (Phi) is 7.75. The van der Waals surface area contributed by atoms with Crippen LogP contribution in [-0.2, 0) is 4.74 Å². The van der Waals surface area contributed by atoms with Crippen LogP contribution in [0.2, 0.25) is 0 Å². The highest BCUT2D eigenvalue weighted by atomic mass is 16.6. The minimum Gasteiger partial charge on any atom is -0.497 e. The molecule has 0 amide bonds. The summed E-state index contributed by atoms with van der Waals surface area (Å²) in [6, 6.07) is 27.1. The van der Waals surface area contributed by atoms with Crippen molar-refractivity contribution in [1.29, 1.82) is 0 Å². The van der Waals surface area contributed by atoms with Gasteiger partial charge >= 0.3 is 0 Å². The van der Waals surface area contributed by atoms with Gasteiger partial charge in [0.15, 0.2) is 0 Å². The van der Waals surface area contributed by atoms with Gasteiger partial charge in [0.2, 0.25) is 0 Å². The van der Waals surface area contributed by atoms with E-state index >= 15 is 0 Å². The Morgan fingerprint density at radius 2 is 0.784 bits per heavy atom. The van der Waals surface area contributed by atoms with E-state index < -0.39 is 22.1 Å². The molecule has 4 aromatic carbocycles. The molecule has 0 aliphatic heterocycles.